The molecule has 3 aromatic rings. The van der Waals surface area contributed by atoms with Gasteiger partial charge in [0.1, 0.15) is 0 Å². The van der Waals surface area contributed by atoms with Gasteiger partial charge in [0.15, 0.2) is 0 Å². The Morgan fingerprint density at radius 1 is 0.667 bits per heavy atom. The molecule has 0 N–H and O–H groups in total. The van der Waals surface area contributed by atoms with E-state index in [0.717, 1.165) is 11.0 Å². The number of para-hydroxylation sites is 2. The van der Waals surface area contributed by atoms with Crippen molar-refractivity contribution < 1.29 is 0 Å². The summed E-state index contributed by atoms with van der Waals surface area (Å²) >= 11 is 0. The van der Waals surface area contributed by atoms with Crippen LogP contribution in [0.1, 0.15) is 0 Å². The van der Waals surface area contributed by atoms with Crippen molar-refractivity contribution >= 4 is 35.3 Å². The molecule has 0 spiro atoms. The molecule has 1 aromatic heterocycles. The number of hydrogen-bond donors (Lipinski definition) is 0. The Labute approximate surface area is 95.2 Å². The van der Waals surface area contributed by atoms with Crippen molar-refractivity contribution in [2.45, 2.75) is 0 Å². The standard InChI is InChI=1S/C13H9N.H2S/c1-3-7-12-10(5-1)9-11-6-2-4-8-13(11)14-12;/h1-9H;1H2. The van der Waals surface area contributed by atoms with Crippen LogP contribution in [0.4, 0.5) is 0 Å². The quantitative estimate of drug-likeness (QED) is 0.521. The van der Waals surface area contributed by atoms with E-state index in [2.05, 4.69) is 23.2 Å². The van der Waals surface area contributed by atoms with Crippen LogP contribution in [0.2, 0.25) is 0 Å². The molecule has 0 aliphatic heterocycles. The maximum atomic E-state index is 4.58. The van der Waals surface area contributed by atoms with Crippen LogP contribution in [-0.4, -0.2) is 4.98 Å². The minimum atomic E-state index is 0. The maximum Gasteiger partial charge on any atom is 0.0709 e. The lowest BCUT2D eigenvalue weighted by atomic mass is 10.1. The third kappa shape index (κ3) is 1.68. The summed E-state index contributed by atoms with van der Waals surface area (Å²) in [5, 5.41) is 2.40. The highest BCUT2D eigenvalue weighted by atomic mass is 32.1. The van der Waals surface area contributed by atoms with Crippen molar-refractivity contribution in [2.75, 3.05) is 0 Å². The first-order chi connectivity index (χ1) is 6.93. The normalized spacial score (nSPS) is 10.1. The van der Waals surface area contributed by atoms with Crippen molar-refractivity contribution in [3.8, 4) is 0 Å². The van der Waals surface area contributed by atoms with Gasteiger partial charge >= 0.3 is 0 Å². The summed E-state index contributed by atoms with van der Waals surface area (Å²) in [6.45, 7) is 0. The molecule has 2 heteroatoms. The molecular weight excluding hydrogens is 202 g/mol. The lowest BCUT2D eigenvalue weighted by molar-refractivity contribution is 1.50. The minimum absolute atomic E-state index is 0. The molecule has 0 atom stereocenters. The number of benzene rings is 2. The molecule has 1 heterocycles. The maximum absolute atomic E-state index is 4.58. The summed E-state index contributed by atoms with van der Waals surface area (Å²) in [5.41, 5.74) is 2.12. The Bertz CT molecular complexity index is 499. The highest BCUT2D eigenvalue weighted by Crippen LogP contribution is 2.18. The van der Waals surface area contributed by atoms with E-state index in [9.17, 15) is 0 Å². The highest BCUT2D eigenvalue weighted by Gasteiger charge is 1.96. The molecule has 0 radical (unpaired) electrons. The fraction of sp³-hybridized carbons (Fsp3) is 0. The first-order valence-corrected chi connectivity index (χ1v) is 4.68. The van der Waals surface area contributed by atoms with Gasteiger partial charge in [-0.05, 0) is 18.2 Å². The van der Waals surface area contributed by atoms with Crippen LogP contribution in [0.3, 0.4) is 0 Å². The second-order valence-corrected chi connectivity index (χ2v) is 3.37. The summed E-state index contributed by atoms with van der Waals surface area (Å²) < 4.78 is 0. The van der Waals surface area contributed by atoms with E-state index in [4.69, 9.17) is 0 Å². The average Bonchev–Trinajstić information content (AvgIpc) is 2.26. The van der Waals surface area contributed by atoms with Crippen LogP contribution in [-0.2, 0) is 0 Å². The lowest BCUT2D eigenvalue weighted by Crippen LogP contribution is -1.80. The number of nitrogens with zero attached hydrogens (tertiary/aromatic N) is 1. The molecule has 1 nitrogen and oxygen atoms in total. The summed E-state index contributed by atoms with van der Waals surface area (Å²) in [7, 11) is 0. The summed E-state index contributed by atoms with van der Waals surface area (Å²) in [4.78, 5) is 4.58. The van der Waals surface area contributed by atoms with Crippen LogP contribution >= 0.6 is 13.5 Å². The van der Waals surface area contributed by atoms with Crippen LogP contribution in [0, 0.1) is 0 Å². The van der Waals surface area contributed by atoms with Gasteiger partial charge in [-0.25, -0.2) is 4.98 Å². The van der Waals surface area contributed by atoms with Crippen LogP contribution < -0.4 is 0 Å². The zero-order valence-corrected chi connectivity index (χ0v) is 9.14. The Morgan fingerprint density at radius 2 is 1.13 bits per heavy atom. The molecule has 0 unspecified atom stereocenters. The average molecular weight is 213 g/mol. The van der Waals surface area contributed by atoms with Crippen molar-refractivity contribution in [3.63, 3.8) is 0 Å². The van der Waals surface area contributed by atoms with Gasteiger partial charge in [-0.1, -0.05) is 36.4 Å². The van der Waals surface area contributed by atoms with Crippen molar-refractivity contribution in [1.82, 2.24) is 4.98 Å². The third-order valence-electron chi connectivity index (χ3n) is 2.43. The second kappa shape index (κ2) is 3.91. The number of hydrogen-bond acceptors (Lipinski definition) is 1. The second-order valence-electron chi connectivity index (χ2n) is 3.37. The molecule has 0 bridgehead atoms. The van der Waals surface area contributed by atoms with Gasteiger partial charge in [-0.15, -0.1) is 0 Å². The fourth-order valence-electron chi connectivity index (χ4n) is 1.72. The van der Waals surface area contributed by atoms with E-state index >= 15 is 0 Å². The van der Waals surface area contributed by atoms with Crippen molar-refractivity contribution in [2.24, 2.45) is 0 Å². The van der Waals surface area contributed by atoms with Gasteiger partial charge in [0.25, 0.3) is 0 Å². The van der Waals surface area contributed by atoms with Gasteiger partial charge in [-0.3, -0.25) is 0 Å². The predicted molar refractivity (Wildman–Crippen MR) is 69.6 cm³/mol. The molecule has 74 valence electrons. The molecule has 0 fully saturated rings. The number of pyridine rings is 1. The fourth-order valence-corrected chi connectivity index (χ4v) is 1.72. The molecule has 0 saturated heterocycles. The largest absolute Gasteiger partial charge is 0.248 e. The molecular formula is C13H11NS. The number of fused-ring (bicyclic) bond motifs is 2. The monoisotopic (exact) mass is 213 g/mol. The summed E-state index contributed by atoms with van der Waals surface area (Å²) in [6, 6.07) is 18.6. The van der Waals surface area contributed by atoms with Crippen molar-refractivity contribution in [1.29, 1.82) is 0 Å². The summed E-state index contributed by atoms with van der Waals surface area (Å²) in [6.07, 6.45) is 0. The van der Waals surface area contributed by atoms with Crippen LogP contribution in [0.25, 0.3) is 21.8 Å². The number of aromatic nitrogens is 1. The predicted octanol–water partition coefficient (Wildman–Crippen LogP) is 3.50. The molecule has 0 amide bonds. The first kappa shape index (κ1) is 9.99. The van der Waals surface area contributed by atoms with Gasteiger partial charge in [0, 0.05) is 10.8 Å². The molecule has 15 heavy (non-hydrogen) atoms. The van der Waals surface area contributed by atoms with E-state index in [1.165, 1.54) is 10.8 Å². The lowest BCUT2D eigenvalue weighted by Gasteiger charge is -1.99. The highest BCUT2D eigenvalue weighted by molar-refractivity contribution is 7.59. The minimum Gasteiger partial charge on any atom is -0.248 e. The number of rotatable bonds is 0. The molecule has 0 aliphatic rings. The SMILES string of the molecule is S.c1ccc2nc3ccccc3cc2c1. The Kier molecular flexibility index (Phi) is 2.60. The van der Waals surface area contributed by atoms with Gasteiger partial charge < -0.3 is 0 Å². The zero-order chi connectivity index (χ0) is 9.38. The van der Waals surface area contributed by atoms with E-state index in [0.29, 0.717) is 0 Å². The van der Waals surface area contributed by atoms with E-state index in [-0.39, 0.29) is 13.5 Å². The first-order valence-electron chi connectivity index (χ1n) is 4.68. The van der Waals surface area contributed by atoms with Gasteiger partial charge in [-0.2, -0.15) is 13.5 Å². The van der Waals surface area contributed by atoms with Gasteiger partial charge in [0.2, 0.25) is 0 Å². The zero-order valence-electron chi connectivity index (χ0n) is 8.14. The van der Waals surface area contributed by atoms with E-state index in [1.54, 1.807) is 0 Å². The Balaban J connectivity index is 0.000000853. The molecule has 2 aromatic carbocycles. The molecule has 3 rings (SSSR count). The van der Waals surface area contributed by atoms with Crippen LogP contribution in [0.15, 0.2) is 54.6 Å². The van der Waals surface area contributed by atoms with Crippen LogP contribution in [0.5, 0.6) is 0 Å². The molecule has 0 saturated carbocycles. The van der Waals surface area contributed by atoms with Gasteiger partial charge in [0.05, 0.1) is 11.0 Å². The summed E-state index contributed by atoms with van der Waals surface area (Å²) in [5.74, 6) is 0. The molecule has 0 aliphatic carbocycles. The van der Waals surface area contributed by atoms with E-state index in [1.807, 2.05) is 36.4 Å². The Morgan fingerprint density at radius 3 is 1.67 bits per heavy atom. The Hall–Kier alpha value is -1.54. The third-order valence-corrected chi connectivity index (χ3v) is 2.43. The smallest absolute Gasteiger partial charge is 0.0709 e. The van der Waals surface area contributed by atoms with Crippen molar-refractivity contribution in [3.05, 3.63) is 54.6 Å². The van der Waals surface area contributed by atoms with E-state index < -0.39 is 0 Å². The topological polar surface area (TPSA) is 12.9 Å².